The fraction of sp³-hybridized carbons (Fsp3) is 0.235. The first-order valence-electron chi connectivity index (χ1n) is 7.38. The predicted octanol–water partition coefficient (Wildman–Crippen LogP) is 3.32. The molecule has 22 heavy (non-hydrogen) atoms. The van der Waals surface area contributed by atoms with Crippen LogP contribution in [0.4, 0.5) is 4.39 Å². The van der Waals surface area contributed by atoms with Gasteiger partial charge in [-0.3, -0.25) is 5.10 Å². The SMILES string of the molecule is Fc1ccc2c(c1)C(NCc1cccc3cn[nH]c13)CCO2. The number of H-pyrrole nitrogens is 1. The number of ether oxygens (including phenoxy) is 1. The Morgan fingerprint density at radius 1 is 1.32 bits per heavy atom. The molecule has 0 saturated carbocycles. The standard InChI is InChI=1S/C17H16FN3O/c18-13-4-5-16-14(8-13)15(6-7-22-16)19-9-11-2-1-3-12-10-20-21-17(11)12/h1-5,8,10,15,19H,6-7,9H2,(H,20,21). The van der Waals surface area contributed by atoms with Crippen LogP contribution in [0, 0.1) is 5.82 Å². The molecule has 2 aromatic carbocycles. The summed E-state index contributed by atoms with van der Waals surface area (Å²) in [4.78, 5) is 0. The van der Waals surface area contributed by atoms with Crippen LogP contribution >= 0.6 is 0 Å². The van der Waals surface area contributed by atoms with E-state index >= 15 is 0 Å². The summed E-state index contributed by atoms with van der Waals surface area (Å²) in [6, 6.07) is 10.9. The quantitative estimate of drug-likeness (QED) is 0.779. The van der Waals surface area contributed by atoms with E-state index in [1.807, 2.05) is 18.3 Å². The van der Waals surface area contributed by atoms with Gasteiger partial charge in [-0.15, -0.1) is 0 Å². The van der Waals surface area contributed by atoms with E-state index in [-0.39, 0.29) is 11.9 Å². The van der Waals surface area contributed by atoms with Gasteiger partial charge in [0.25, 0.3) is 0 Å². The van der Waals surface area contributed by atoms with E-state index < -0.39 is 0 Å². The van der Waals surface area contributed by atoms with Crippen molar-refractivity contribution in [3.63, 3.8) is 0 Å². The Morgan fingerprint density at radius 3 is 3.23 bits per heavy atom. The summed E-state index contributed by atoms with van der Waals surface area (Å²) in [5.74, 6) is 0.539. The molecular weight excluding hydrogens is 281 g/mol. The highest BCUT2D eigenvalue weighted by Gasteiger charge is 2.21. The van der Waals surface area contributed by atoms with Crippen molar-refractivity contribution in [2.45, 2.75) is 19.0 Å². The molecule has 112 valence electrons. The van der Waals surface area contributed by atoms with Crippen molar-refractivity contribution in [1.29, 1.82) is 0 Å². The first-order valence-corrected chi connectivity index (χ1v) is 7.38. The average Bonchev–Trinajstić information content (AvgIpc) is 3.02. The molecule has 2 heterocycles. The number of fused-ring (bicyclic) bond motifs is 2. The van der Waals surface area contributed by atoms with E-state index in [9.17, 15) is 4.39 Å². The first kappa shape index (κ1) is 13.3. The Hall–Kier alpha value is -2.40. The maximum Gasteiger partial charge on any atom is 0.124 e. The third kappa shape index (κ3) is 2.33. The van der Waals surface area contributed by atoms with Crippen LogP contribution in [0.1, 0.15) is 23.6 Å². The second kappa shape index (κ2) is 5.42. The van der Waals surface area contributed by atoms with E-state index in [1.54, 1.807) is 12.1 Å². The van der Waals surface area contributed by atoms with Crippen LogP contribution in [0.3, 0.4) is 0 Å². The molecule has 0 saturated heterocycles. The van der Waals surface area contributed by atoms with Gasteiger partial charge in [0, 0.05) is 30.0 Å². The lowest BCUT2D eigenvalue weighted by Gasteiger charge is -2.27. The van der Waals surface area contributed by atoms with Crippen LogP contribution in [-0.2, 0) is 6.54 Å². The summed E-state index contributed by atoms with van der Waals surface area (Å²) in [6.07, 6.45) is 2.65. The van der Waals surface area contributed by atoms with Gasteiger partial charge in [0.05, 0.1) is 18.3 Å². The van der Waals surface area contributed by atoms with E-state index in [1.165, 1.54) is 6.07 Å². The number of nitrogens with one attached hydrogen (secondary N) is 2. The minimum atomic E-state index is -0.230. The molecule has 5 heteroatoms. The van der Waals surface area contributed by atoms with Gasteiger partial charge >= 0.3 is 0 Å². The van der Waals surface area contributed by atoms with Crippen molar-refractivity contribution in [2.24, 2.45) is 0 Å². The monoisotopic (exact) mass is 297 g/mol. The Bertz CT molecular complexity index is 815. The molecule has 1 aliphatic rings. The smallest absolute Gasteiger partial charge is 0.124 e. The normalized spacial score (nSPS) is 17.2. The number of rotatable bonds is 3. The lowest BCUT2D eigenvalue weighted by Crippen LogP contribution is -2.27. The molecule has 0 amide bonds. The molecule has 3 aromatic rings. The van der Waals surface area contributed by atoms with Crippen LogP contribution in [0.25, 0.3) is 10.9 Å². The second-order valence-corrected chi connectivity index (χ2v) is 5.50. The summed E-state index contributed by atoms with van der Waals surface area (Å²) in [6.45, 7) is 1.34. The number of hydrogen-bond donors (Lipinski definition) is 2. The molecule has 1 unspecified atom stereocenters. The summed E-state index contributed by atoms with van der Waals surface area (Å²) in [7, 11) is 0. The minimum absolute atomic E-state index is 0.0950. The fourth-order valence-electron chi connectivity index (χ4n) is 2.99. The zero-order chi connectivity index (χ0) is 14.9. The van der Waals surface area contributed by atoms with Crippen LogP contribution in [0.5, 0.6) is 5.75 Å². The van der Waals surface area contributed by atoms with Crippen molar-refractivity contribution in [1.82, 2.24) is 15.5 Å². The number of nitrogens with zero attached hydrogens (tertiary/aromatic N) is 1. The third-order valence-electron chi connectivity index (χ3n) is 4.11. The van der Waals surface area contributed by atoms with Crippen molar-refractivity contribution in [3.05, 3.63) is 59.5 Å². The Balaban J connectivity index is 1.58. The molecule has 0 fully saturated rings. The molecule has 4 nitrogen and oxygen atoms in total. The largest absolute Gasteiger partial charge is 0.493 e. The molecule has 1 atom stereocenters. The highest BCUT2D eigenvalue weighted by atomic mass is 19.1. The Kier molecular flexibility index (Phi) is 3.27. The average molecular weight is 297 g/mol. The lowest BCUT2D eigenvalue weighted by molar-refractivity contribution is 0.251. The molecule has 1 aromatic heterocycles. The summed E-state index contributed by atoms with van der Waals surface area (Å²) in [5, 5.41) is 11.7. The maximum absolute atomic E-state index is 13.5. The summed E-state index contributed by atoms with van der Waals surface area (Å²) in [5.41, 5.74) is 3.09. The molecule has 0 radical (unpaired) electrons. The van der Waals surface area contributed by atoms with Crippen LogP contribution in [0.15, 0.2) is 42.6 Å². The van der Waals surface area contributed by atoms with Gasteiger partial charge in [-0.1, -0.05) is 18.2 Å². The first-order chi connectivity index (χ1) is 10.8. The minimum Gasteiger partial charge on any atom is -0.493 e. The Morgan fingerprint density at radius 2 is 2.27 bits per heavy atom. The van der Waals surface area contributed by atoms with Crippen LogP contribution in [0.2, 0.25) is 0 Å². The van der Waals surface area contributed by atoms with Crippen molar-refractivity contribution >= 4 is 10.9 Å². The topological polar surface area (TPSA) is 49.9 Å². The number of aromatic nitrogens is 2. The zero-order valence-electron chi connectivity index (χ0n) is 12.0. The van der Waals surface area contributed by atoms with Gasteiger partial charge < -0.3 is 10.1 Å². The van der Waals surface area contributed by atoms with Gasteiger partial charge in [0.15, 0.2) is 0 Å². The van der Waals surface area contributed by atoms with Crippen LogP contribution < -0.4 is 10.1 Å². The number of para-hydroxylation sites is 1. The lowest BCUT2D eigenvalue weighted by atomic mass is 10.00. The zero-order valence-corrected chi connectivity index (χ0v) is 12.0. The highest BCUT2D eigenvalue weighted by molar-refractivity contribution is 5.81. The van der Waals surface area contributed by atoms with E-state index in [2.05, 4.69) is 21.6 Å². The molecule has 2 N–H and O–H groups in total. The van der Waals surface area contributed by atoms with Crippen molar-refractivity contribution in [3.8, 4) is 5.75 Å². The van der Waals surface area contributed by atoms with Gasteiger partial charge in [-0.05, 0) is 23.8 Å². The molecule has 1 aliphatic heterocycles. The van der Waals surface area contributed by atoms with E-state index in [0.29, 0.717) is 13.2 Å². The number of halogens is 1. The van der Waals surface area contributed by atoms with E-state index in [4.69, 9.17) is 4.74 Å². The summed E-state index contributed by atoms with van der Waals surface area (Å²) >= 11 is 0. The maximum atomic E-state index is 13.5. The molecular formula is C17H16FN3O. The molecule has 0 aliphatic carbocycles. The molecule has 0 spiro atoms. The summed E-state index contributed by atoms with van der Waals surface area (Å²) < 4.78 is 19.1. The molecule has 0 bridgehead atoms. The van der Waals surface area contributed by atoms with Crippen molar-refractivity contribution in [2.75, 3.05) is 6.61 Å². The Labute approximate surface area is 127 Å². The number of aromatic amines is 1. The van der Waals surface area contributed by atoms with Crippen LogP contribution in [-0.4, -0.2) is 16.8 Å². The fourth-order valence-corrected chi connectivity index (χ4v) is 2.99. The second-order valence-electron chi connectivity index (χ2n) is 5.50. The molecule has 4 rings (SSSR count). The van der Waals surface area contributed by atoms with E-state index in [0.717, 1.165) is 34.2 Å². The van der Waals surface area contributed by atoms with Gasteiger partial charge in [0.2, 0.25) is 0 Å². The van der Waals surface area contributed by atoms with Gasteiger partial charge in [-0.25, -0.2) is 4.39 Å². The van der Waals surface area contributed by atoms with Gasteiger partial charge in [0.1, 0.15) is 11.6 Å². The van der Waals surface area contributed by atoms with Gasteiger partial charge in [-0.2, -0.15) is 5.10 Å². The third-order valence-corrected chi connectivity index (χ3v) is 4.11. The number of hydrogen-bond acceptors (Lipinski definition) is 3. The van der Waals surface area contributed by atoms with Crippen molar-refractivity contribution < 1.29 is 9.13 Å². The number of benzene rings is 2. The highest BCUT2D eigenvalue weighted by Crippen LogP contribution is 2.32. The predicted molar refractivity (Wildman–Crippen MR) is 82.2 cm³/mol.